The number of H-pyrrole nitrogens is 2. The van der Waals surface area contributed by atoms with Crippen molar-refractivity contribution >= 4 is 47.7 Å². The quantitative estimate of drug-likeness (QED) is 0.270. The molecule has 2 aliphatic rings. The highest BCUT2D eigenvalue weighted by molar-refractivity contribution is 6.30. The van der Waals surface area contributed by atoms with Crippen LogP contribution < -0.4 is 16.0 Å². The Kier molecular flexibility index (Phi) is 9.18. The highest BCUT2D eigenvalue weighted by Gasteiger charge is 2.24. The molecule has 0 unspecified atom stereocenters. The molecule has 4 rings (SSSR count). The molecule has 0 aromatic carbocycles. The second kappa shape index (κ2) is 12.6. The first-order chi connectivity index (χ1) is 20.4. The van der Waals surface area contributed by atoms with Gasteiger partial charge < -0.3 is 25.5 Å². The standard InChI is InChI=1S/C33H38N4O6/c1-7-20-18(5)32(42)36-26(20)14-28-22(9-11-30(38)39)16(3)24(34-28)13-25-17(4)23(10-12-31(40)41)29(35-25)15-27-21(8-2)19(6)33(43)37-27/h13-15,34-35H,7-12H2,1-6H3,(H,36,42)(H,38,39)(H,40,41)/b25-13?,26-14-,29-15?. The second-order valence-electron chi connectivity index (χ2n) is 10.9. The van der Waals surface area contributed by atoms with Crippen LogP contribution in [0, 0.1) is 13.8 Å². The van der Waals surface area contributed by atoms with E-state index < -0.39 is 11.9 Å². The maximum absolute atomic E-state index is 12.3. The second-order valence-corrected chi connectivity index (χ2v) is 10.9. The third kappa shape index (κ3) is 6.38. The van der Waals surface area contributed by atoms with Crippen molar-refractivity contribution in [1.82, 2.24) is 15.3 Å². The minimum atomic E-state index is -0.911. The Hall–Kier alpha value is -4.73. The summed E-state index contributed by atoms with van der Waals surface area (Å²) in [6.45, 7) is 11.3. The molecule has 0 bridgehead atoms. The fraction of sp³-hybridized carbons (Fsp3) is 0.364. The number of nitrogens with one attached hydrogen (secondary N) is 3. The van der Waals surface area contributed by atoms with Crippen LogP contribution in [0.25, 0.3) is 18.2 Å². The number of rotatable bonds is 11. The van der Waals surface area contributed by atoms with E-state index in [-0.39, 0.29) is 24.7 Å². The highest BCUT2D eigenvalue weighted by atomic mass is 16.4. The van der Waals surface area contributed by atoms with E-state index in [2.05, 4.69) is 20.3 Å². The van der Waals surface area contributed by atoms with Crippen LogP contribution in [0.3, 0.4) is 0 Å². The van der Waals surface area contributed by atoms with Gasteiger partial charge in [-0.2, -0.15) is 0 Å². The SMILES string of the molecule is CCC1=C(C)C(=O)N=C1C=c1[nH]c(=Cc2[nH]c(/C=C3\NC(=O)C(C)=C3CC)c(CCC(=O)O)c2C)c(C)c1CCC(=O)O. The van der Waals surface area contributed by atoms with Crippen LogP contribution in [0.15, 0.2) is 33.0 Å². The summed E-state index contributed by atoms with van der Waals surface area (Å²) in [6, 6.07) is 0. The van der Waals surface area contributed by atoms with Gasteiger partial charge in [-0.1, -0.05) is 13.8 Å². The van der Waals surface area contributed by atoms with Crippen molar-refractivity contribution in [2.45, 2.75) is 80.1 Å². The number of aliphatic imine (C=N–C) groups is 1. The Balaban J connectivity index is 1.89. The zero-order valence-corrected chi connectivity index (χ0v) is 25.4. The molecule has 2 aliphatic heterocycles. The van der Waals surface area contributed by atoms with Crippen molar-refractivity contribution in [2.75, 3.05) is 0 Å². The maximum Gasteiger partial charge on any atom is 0.303 e. The van der Waals surface area contributed by atoms with Crippen molar-refractivity contribution in [3.63, 3.8) is 0 Å². The van der Waals surface area contributed by atoms with E-state index in [0.29, 0.717) is 53.6 Å². The molecular weight excluding hydrogens is 548 g/mol. The van der Waals surface area contributed by atoms with Crippen LogP contribution in [0.4, 0.5) is 0 Å². The lowest BCUT2D eigenvalue weighted by atomic mass is 10.0. The van der Waals surface area contributed by atoms with Crippen LogP contribution >= 0.6 is 0 Å². The number of hydrogen-bond donors (Lipinski definition) is 5. The Labute approximate surface area is 249 Å². The van der Waals surface area contributed by atoms with Crippen LogP contribution in [0.1, 0.15) is 87.0 Å². The van der Waals surface area contributed by atoms with Crippen LogP contribution in [0.5, 0.6) is 0 Å². The van der Waals surface area contributed by atoms with E-state index in [0.717, 1.165) is 50.1 Å². The van der Waals surface area contributed by atoms with Gasteiger partial charge in [-0.15, -0.1) is 0 Å². The Bertz CT molecular complexity index is 1790. The lowest BCUT2D eigenvalue weighted by Gasteiger charge is -2.05. The summed E-state index contributed by atoms with van der Waals surface area (Å²) in [5.41, 5.74) is 9.21. The molecule has 0 spiro atoms. The smallest absolute Gasteiger partial charge is 0.303 e. The average Bonchev–Trinajstić information content (AvgIpc) is 3.59. The van der Waals surface area contributed by atoms with Gasteiger partial charge in [-0.25, -0.2) is 4.99 Å². The number of carboxylic acid groups (broad SMARTS) is 2. The number of allylic oxidation sites excluding steroid dienone is 2. The summed E-state index contributed by atoms with van der Waals surface area (Å²) in [4.78, 5) is 58.6. The first-order valence-corrected chi connectivity index (χ1v) is 14.5. The zero-order valence-electron chi connectivity index (χ0n) is 25.4. The van der Waals surface area contributed by atoms with E-state index >= 15 is 0 Å². The van der Waals surface area contributed by atoms with Gasteiger partial charge in [-0.05, 0) is 105 Å². The van der Waals surface area contributed by atoms with Gasteiger partial charge in [0.15, 0.2) is 0 Å². The number of carboxylic acids is 2. The number of carbonyl (C=O) groups excluding carboxylic acids is 2. The number of aromatic amines is 2. The number of hydrogen-bond acceptors (Lipinski definition) is 4. The molecule has 2 aromatic heterocycles. The van der Waals surface area contributed by atoms with Gasteiger partial charge in [0.25, 0.3) is 11.8 Å². The molecule has 0 radical (unpaired) electrons. The number of aliphatic carboxylic acids is 2. The first-order valence-electron chi connectivity index (χ1n) is 14.5. The van der Waals surface area contributed by atoms with Gasteiger partial charge >= 0.3 is 11.9 Å². The summed E-state index contributed by atoms with van der Waals surface area (Å²) in [5, 5.41) is 23.2. The Morgan fingerprint density at radius 1 is 0.744 bits per heavy atom. The Morgan fingerprint density at radius 2 is 1.37 bits per heavy atom. The highest BCUT2D eigenvalue weighted by Crippen LogP contribution is 2.28. The predicted octanol–water partition coefficient (Wildman–Crippen LogP) is 3.51. The third-order valence-electron chi connectivity index (χ3n) is 8.32. The molecule has 5 N–H and O–H groups in total. The minimum absolute atomic E-state index is 0.0519. The lowest BCUT2D eigenvalue weighted by Crippen LogP contribution is -2.15. The monoisotopic (exact) mass is 586 g/mol. The number of nitrogens with zero attached hydrogens (tertiary/aromatic N) is 1. The molecule has 2 amide bonds. The molecule has 0 saturated heterocycles. The van der Waals surface area contributed by atoms with Crippen LogP contribution in [-0.4, -0.2) is 49.6 Å². The normalized spacial score (nSPS) is 17.2. The van der Waals surface area contributed by atoms with Crippen LogP contribution in [-0.2, 0) is 32.0 Å². The minimum Gasteiger partial charge on any atom is -0.481 e. The summed E-state index contributed by atoms with van der Waals surface area (Å²) in [5.74, 6) is -2.23. The fourth-order valence-electron chi connectivity index (χ4n) is 5.78. The van der Waals surface area contributed by atoms with E-state index in [1.807, 2.05) is 45.9 Å². The number of amides is 2. The Morgan fingerprint density at radius 3 is 1.98 bits per heavy atom. The average molecular weight is 587 g/mol. The zero-order chi connectivity index (χ0) is 31.6. The van der Waals surface area contributed by atoms with Gasteiger partial charge in [0.05, 0.1) is 5.71 Å². The molecule has 226 valence electrons. The summed E-state index contributed by atoms with van der Waals surface area (Å²) < 4.78 is 0. The summed E-state index contributed by atoms with van der Waals surface area (Å²) >= 11 is 0. The van der Waals surface area contributed by atoms with Crippen molar-refractivity contribution in [3.05, 3.63) is 72.3 Å². The first kappa shape index (κ1) is 31.2. The predicted molar refractivity (Wildman–Crippen MR) is 165 cm³/mol. The van der Waals surface area contributed by atoms with Crippen LogP contribution in [0.2, 0.25) is 0 Å². The van der Waals surface area contributed by atoms with E-state index in [9.17, 15) is 29.4 Å². The third-order valence-corrected chi connectivity index (χ3v) is 8.32. The molecule has 10 nitrogen and oxygen atoms in total. The number of carbonyl (C=O) groups is 4. The van der Waals surface area contributed by atoms with Gasteiger partial charge in [0.1, 0.15) is 0 Å². The molecule has 43 heavy (non-hydrogen) atoms. The lowest BCUT2D eigenvalue weighted by molar-refractivity contribution is -0.138. The largest absolute Gasteiger partial charge is 0.481 e. The van der Waals surface area contributed by atoms with E-state index in [1.165, 1.54) is 0 Å². The van der Waals surface area contributed by atoms with Crippen molar-refractivity contribution in [3.8, 4) is 0 Å². The van der Waals surface area contributed by atoms with Gasteiger partial charge in [0.2, 0.25) is 0 Å². The summed E-state index contributed by atoms with van der Waals surface area (Å²) in [7, 11) is 0. The van der Waals surface area contributed by atoms with E-state index in [4.69, 9.17) is 0 Å². The maximum atomic E-state index is 12.3. The molecular formula is C33H38N4O6. The fourth-order valence-corrected chi connectivity index (χ4v) is 5.78. The number of aromatic nitrogens is 2. The summed E-state index contributed by atoms with van der Waals surface area (Å²) in [6.07, 6.45) is 7.40. The molecule has 0 saturated carbocycles. The molecule has 0 atom stereocenters. The molecule has 4 heterocycles. The topological polar surface area (TPSA) is 165 Å². The molecule has 2 aromatic rings. The van der Waals surface area contributed by atoms with Gasteiger partial charge in [0, 0.05) is 51.8 Å². The van der Waals surface area contributed by atoms with Gasteiger partial charge in [-0.3, -0.25) is 19.2 Å². The van der Waals surface area contributed by atoms with E-state index in [1.54, 1.807) is 13.8 Å². The molecule has 0 fully saturated rings. The molecule has 0 aliphatic carbocycles. The molecule has 10 heteroatoms. The van der Waals surface area contributed by atoms with Crippen molar-refractivity contribution in [1.29, 1.82) is 0 Å². The van der Waals surface area contributed by atoms with Crippen molar-refractivity contribution in [2.24, 2.45) is 4.99 Å². The van der Waals surface area contributed by atoms with Crippen molar-refractivity contribution < 1.29 is 29.4 Å².